The van der Waals surface area contributed by atoms with Gasteiger partial charge >= 0.3 is 0 Å². The van der Waals surface area contributed by atoms with Crippen molar-refractivity contribution in [3.05, 3.63) is 89.9 Å². The monoisotopic (exact) mass is 362 g/mol. The summed E-state index contributed by atoms with van der Waals surface area (Å²) in [7, 11) is 0. The summed E-state index contributed by atoms with van der Waals surface area (Å²) in [5, 5.41) is 5.76. The molecule has 0 radical (unpaired) electrons. The fourth-order valence-electron chi connectivity index (χ4n) is 2.88. The highest BCUT2D eigenvalue weighted by Crippen LogP contribution is 2.19. The van der Waals surface area contributed by atoms with Crippen LogP contribution in [-0.4, -0.2) is 11.8 Å². The number of amides is 2. The standard InChI is InChI=1S/C22H22N2O3/c1-2-19(17-7-4-3-5-8-17)21(25)23-15-16-10-12-18(13-11-16)24-22(26)20-9-6-14-27-20/h3-14,19H,2,15H2,1H3,(H,23,25)(H,24,26). The van der Waals surface area contributed by atoms with Gasteiger partial charge < -0.3 is 15.1 Å². The minimum atomic E-state index is -0.297. The minimum absolute atomic E-state index is 0.0129. The van der Waals surface area contributed by atoms with E-state index in [0.717, 1.165) is 17.5 Å². The molecule has 3 aromatic rings. The van der Waals surface area contributed by atoms with Gasteiger partial charge in [0.05, 0.1) is 12.2 Å². The molecule has 0 saturated heterocycles. The molecule has 3 rings (SSSR count). The summed E-state index contributed by atoms with van der Waals surface area (Å²) in [5.41, 5.74) is 2.65. The van der Waals surface area contributed by atoms with Crippen LogP contribution in [0, 0.1) is 0 Å². The maximum absolute atomic E-state index is 12.5. The first-order chi connectivity index (χ1) is 13.2. The van der Waals surface area contributed by atoms with E-state index in [4.69, 9.17) is 4.42 Å². The molecule has 0 aliphatic rings. The summed E-state index contributed by atoms with van der Waals surface area (Å²) in [6, 6.07) is 20.4. The molecule has 1 aromatic heterocycles. The Hall–Kier alpha value is -3.34. The molecular formula is C22H22N2O3. The molecule has 0 saturated carbocycles. The van der Waals surface area contributed by atoms with Gasteiger partial charge in [0.25, 0.3) is 5.91 Å². The van der Waals surface area contributed by atoms with E-state index in [1.165, 1.54) is 6.26 Å². The van der Waals surface area contributed by atoms with Crippen molar-refractivity contribution >= 4 is 17.5 Å². The van der Waals surface area contributed by atoms with Crippen LogP contribution in [-0.2, 0) is 11.3 Å². The number of nitrogens with one attached hydrogen (secondary N) is 2. The molecule has 1 unspecified atom stereocenters. The molecule has 0 spiro atoms. The van der Waals surface area contributed by atoms with Crippen LogP contribution in [0.2, 0.25) is 0 Å². The number of carbonyl (C=O) groups is 2. The highest BCUT2D eigenvalue weighted by atomic mass is 16.3. The Morgan fingerprint density at radius 3 is 2.33 bits per heavy atom. The molecule has 0 aliphatic heterocycles. The molecule has 27 heavy (non-hydrogen) atoms. The Morgan fingerprint density at radius 1 is 0.963 bits per heavy atom. The molecule has 1 atom stereocenters. The van der Waals surface area contributed by atoms with E-state index in [-0.39, 0.29) is 23.5 Å². The van der Waals surface area contributed by atoms with Gasteiger partial charge in [0, 0.05) is 12.2 Å². The van der Waals surface area contributed by atoms with Gasteiger partial charge in [-0.3, -0.25) is 9.59 Å². The molecule has 1 heterocycles. The first kappa shape index (κ1) is 18.5. The van der Waals surface area contributed by atoms with Gasteiger partial charge in [0.2, 0.25) is 5.91 Å². The topological polar surface area (TPSA) is 71.3 Å². The molecule has 5 heteroatoms. The molecule has 0 aliphatic carbocycles. The summed E-state index contributed by atoms with van der Waals surface area (Å²) in [4.78, 5) is 24.5. The lowest BCUT2D eigenvalue weighted by Gasteiger charge is -2.15. The van der Waals surface area contributed by atoms with E-state index >= 15 is 0 Å². The number of rotatable bonds is 7. The van der Waals surface area contributed by atoms with Crippen LogP contribution in [0.5, 0.6) is 0 Å². The quantitative estimate of drug-likeness (QED) is 0.657. The minimum Gasteiger partial charge on any atom is -0.459 e. The van der Waals surface area contributed by atoms with Crippen molar-refractivity contribution in [2.24, 2.45) is 0 Å². The summed E-state index contributed by atoms with van der Waals surface area (Å²) in [5.74, 6) is -0.176. The van der Waals surface area contributed by atoms with Gasteiger partial charge in [0.1, 0.15) is 0 Å². The van der Waals surface area contributed by atoms with Crippen LogP contribution < -0.4 is 10.6 Å². The lowest BCUT2D eigenvalue weighted by atomic mass is 9.95. The zero-order valence-corrected chi connectivity index (χ0v) is 15.1. The Labute approximate surface area is 158 Å². The van der Waals surface area contributed by atoms with Crippen LogP contribution in [0.4, 0.5) is 5.69 Å². The number of carbonyl (C=O) groups excluding carboxylic acids is 2. The summed E-state index contributed by atoms with van der Waals surface area (Å²) < 4.78 is 5.07. The lowest BCUT2D eigenvalue weighted by Crippen LogP contribution is -2.28. The largest absolute Gasteiger partial charge is 0.459 e. The maximum atomic E-state index is 12.5. The van der Waals surface area contributed by atoms with Gasteiger partial charge in [-0.25, -0.2) is 0 Å². The predicted octanol–water partition coefficient (Wildman–Crippen LogP) is 4.34. The second kappa shape index (κ2) is 8.85. The van der Waals surface area contributed by atoms with E-state index in [1.54, 1.807) is 24.3 Å². The van der Waals surface area contributed by atoms with Crippen molar-refractivity contribution in [1.82, 2.24) is 5.32 Å². The normalized spacial score (nSPS) is 11.6. The highest BCUT2D eigenvalue weighted by molar-refractivity contribution is 6.02. The fraction of sp³-hybridized carbons (Fsp3) is 0.182. The van der Waals surface area contributed by atoms with E-state index in [0.29, 0.717) is 12.2 Å². The van der Waals surface area contributed by atoms with E-state index in [2.05, 4.69) is 10.6 Å². The van der Waals surface area contributed by atoms with Crippen LogP contribution in [0.25, 0.3) is 0 Å². The van der Waals surface area contributed by atoms with E-state index < -0.39 is 0 Å². The lowest BCUT2D eigenvalue weighted by molar-refractivity contribution is -0.122. The van der Waals surface area contributed by atoms with Crippen molar-refractivity contribution in [2.75, 3.05) is 5.32 Å². The summed E-state index contributed by atoms with van der Waals surface area (Å²) in [6.45, 7) is 2.45. The zero-order chi connectivity index (χ0) is 19.1. The first-order valence-corrected chi connectivity index (χ1v) is 8.94. The predicted molar refractivity (Wildman–Crippen MR) is 104 cm³/mol. The Kier molecular flexibility index (Phi) is 6.05. The van der Waals surface area contributed by atoms with Gasteiger partial charge in [-0.1, -0.05) is 49.4 Å². The van der Waals surface area contributed by atoms with Gasteiger partial charge in [-0.15, -0.1) is 0 Å². The maximum Gasteiger partial charge on any atom is 0.291 e. The van der Waals surface area contributed by atoms with E-state index in [1.807, 2.05) is 49.4 Å². The molecule has 0 bridgehead atoms. The van der Waals surface area contributed by atoms with Crippen molar-refractivity contribution in [3.8, 4) is 0 Å². The second-order valence-corrected chi connectivity index (χ2v) is 6.22. The van der Waals surface area contributed by atoms with Crippen LogP contribution >= 0.6 is 0 Å². The Morgan fingerprint density at radius 2 is 1.70 bits per heavy atom. The third-order valence-electron chi connectivity index (χ3n) is 4.35. The fourth-order valence-corrected chi connectivity index (χ4v) is 2.88. The smallest absolute Gasteiger partial charge is 0.291 e. The van der Waals surface area contributed by atoms with Crippen molar-refractivity contribution < 1.29 is 14.0 Å². The summed E-state index contributed by atoms with van der Waals surface area (Å²) in [6.07, 6.45) is 2.20. The number of furan rings is 1. The SMILES string of the molecule is CCC(C(=O)NCc1ccc(NC(=O)c2ccco2)cc1)c1ccccc1. The molecule has 0 fully saturated rings. The molecule has 2 amide bonds. The third-order valence-corrected chi connectivity index (χ3v) is 4.35. The zero-order valence-electron chi connectivity index (χ0n) is 15.1. The molecule has 2 aromatic carbocycles. The first-order valence-electron chi connectivity index (χ1n) is 8.94. The molecule has 138 valence electrons. The van der Waals surface area contributed by atoms with Gasteiger partial charge in [-0.2, -0.15) is 0 Å². The third kappa shape index (κ3) is 4.85. The van der Waals surface area contributed by atoms with Crippen molar-refractivity contribution in [2.45, 2.75) is 25.8 Å². The number of hydrogen-bond acceptors (Lipinski definition) is 3. The Bertz CT molecular complexity index is 872. The average Bonchev–Trinajstić information content (AvgIpc) is 3.24. The Balaban J connectivity index is 1.55. The summed E-state index contributed by atoms with van der Waals surface area (Å²) >= 11 is 0. The van der Waals surface area contributed by atoms with Crippen molar-refractivity contribution in [1.29, 1.82) is 0 Å². The number of anilines is 1. The highest BCUT2D eigenvalue weighted by Gasteiger charge is 2.17. The molecule has 2 N–H and O–H groups in total. The van der Waals surface area contributed by atoms with Crippen LogP contribution in [0.15, 0.2) is 77.4 Å². The molecule has 5 nitrogen and oxygen atoms in total. The van der Waals surface area contributed by atoms with Crippen LogP contribution in [0.3, 0.4) is 0 Å². The van der Waals surface area contributed by atoms with Crippen LogP contribution in [0.1, 0.15) is 40.9 Å². The average molecular weight is 362 g/mol. The van der Waals surface area contributed by atoms with Gasteiger partial charge in [0.15, 0.2) is 5.76 Å². The van der Waals surface area contributed by atoms with E-state index in [9.17, 15) is 9.59 Å². The van der Waals surface area contributed by atoms with Gasteiger partial charge in [-0.05, 0) is 41.8 Å². The number of benzene rings is 2. The van der Waals surface area contributed by atoms with Crippen molar-refractivity contribution in [3.63, 3.8) is 0 Å². The number of hydrogen-bond donors (Lipinski definition) is 2. The second-order valence-electron chi connectivity index (χ2n) is 6.22. The molecular weight excluding hydrogens is 340 g/mol.